The van der Waals surface area contributed by atoms with Gasteiger partial charge >= 0.3 is 0 Å². The molecule has 8 nitrogen and oxygen atoms in total. The van der Waals surface area contributed by atoms with Gasteiger partial charge in [-0.05, 0) is 42.7 Å². The number of benzene rings is 2. The van der Waals surface area contributed by atoms with Crippen molar-refractivity contribution in [3.05, 3.63) is 60.2 Å². The number of piperidine rings is 1. The summed E-state index contributed by atoms with van der Waals surface area (Å²) >= 11 is 0. The average molecular weight is 466 g/mol. The van der Waals surface area contributed by atoms with Crippen LogP contribution in [0.3, 0.4) is 0 Å². The lowest BCUT2D eigenvalue weighted by Crippen LogP contribution is -2.38. The molecule has 10 heteroatoms. The van der Waals surface area contributed by atoms with Gasteiger partial charge in [-0.3, -0.25) is 4.79 Å². The smallest absolute Gasteiger partial charge is 0.247 e. The second kappa shape index (κ2) is 9.47. The van der Waals surface area contributed by atoms with Crippen LogP contribution in [0, 0.1) is 0 Å². The summed E-state index contributed by atoms with van der Waals surface area (Å²) in [6.45, 7) is 1.02. The molecule has 2 aromatic carbocycles. The molecule has 0 aromatic heterocycles. The van der Waals surface area contributed by atoms with Gasteiger partial charge in [-0.25, -0.2) is 16.8 Å². The highest BCUT2D eigenvalue weighted by Crippen LogP contribution is 2.25. The first-order valence-corrected chi connectivity index (χ1v) is 13.3. The van der Waals surface area contributed by atoms with E-state index >= 15 is 0 Å². The molecule has 1 aliphatic heterocycles. The number of sulfonamides is 2. The number of likely N-dealkylation sites (N-methyl/N-ethyl adjacent to an activating group) is 1. The van der Waals surface area contributed by atoms with Gasteiger partial charge in [-0.15, -0.1) is 0 Å². The molecule has 0 saturated carbocycles. The van der Waals surface area contributed by atoms with Gasteiger partial charge in [0.25, 0.3) is 0 Å². The Kier molecular flexibility index (Phi) is 7.15. The van der Waals surface area contributed by atoms with Crippen LogP contribution >= 0.6 is 0 Å². The van der Waals surface area contributed by atoms with E-state index in [2.05, 4.69) is 5.32 Å². The van der Waals surface area contributed by atoms with Crippen LogP contribution in [-0.4, -0.2) is 57.7 Å². The molecule has 1 unspecified atom stereocenters. The van der Waals surface area contributed by atoms with Gasteiger partial charge in [-0.1, -0.05) is 36.8 Å². The standard InChI is InChI=1S/C21H27N3O5S2/c1-23(30(2,26)27)20(17-9-5-3-6-10-17)21(25)22-18-11-13-19(14-12-18)31(28,29)24-15-7-4-8-16-24/h3,5-6,9-14,20H,4,7-8,15-16H2,1-2H3,(H,22,25). The Morgan fingerprint density at radius 2 is 1.52 bits per heavy atom. The minimum atomic E-state index is -3.64. The number of hydrogen-bond donors (Lipinski definition) is 1. The van der Waals surface area contributed by atoms with Gasteiger partial charge in [0.15, 0.2) is 0 Å². The van der Waals surface area contributed by atoms with E-state index in [4.69, 9.17) is 0 Å². The van der Waals surface area contributed by atoms with Crippen molar-refractivity contribution in [3.63, 3.8) is 0 Å². The highest BCUT2D eigenvalue weighted by atomic mass is 32.2. The maximum atomic E-state index is 13.0. The molecule has 1 heterocycles. The van der Waals surface area contributed by atoms with Crippen molar-refractivity contribution in [2.24, 2.45) is 0 Å². The maximum absolute atomic E-state index is 13.0. The van der Waals surface area contributed by atoms with Crippen LogP contribution in [0.2, 0.25) is 0 Å². The average Bonchev–Trinajstić information content (AvgIpc) is 2.75. The number of amides is 1. The van der Waals surface area contributed by atoms with E-state index < -0.39 is 32.0 Å². The first kappa shape index (κ1) is 23.4. The van der Waals surface area contributed by atoms with Crippen molar-refractivity contribution in [2.45, 2.75) is 30.2 Å². The number of nitrogens with one attached hydrogen (secondary N) is 1. The van der Waals surface area contributed by atoms with Crippen LogP contribution in [0.4, 0.5) is 5.69 Å². The Balaban J connectivity index is 1.81. The molecule has 1 fully saturated rings. The molecule has 0 aliphatic carbocycles. The molecule has 0 radical (unpaired) electrons. The Hall–Kier alpha value is -2.27. The van der Waals surface area contributed by atoms with Crippen molar-refractivity contribution < 1.29 is 21.6 Å². The lowest BCUT2D eigenvalue weighted by atomic mass is 10.1. The van der Waals surface area contributed by atoms with Crippen LogP contribution in [-0.2, 0) is 24.8 Å². The molecule has 0 bridgehead atoms. The van der Waals surface area contributed by atoms with Crippen LogP contribution in [0.1, 0.15) is 30.9 Å². The van der Waals surface area contributed by atoms with Gasteiger partial charge < -0.3 is 5.32 Å². The van der Waals surface area contributed by atoms with Crippen LogP contribution < -0.4 is 5.32 Å². The number of hydrogen-bond acceptors (Lipinski definition) is 5. The monoisotopic (exact) mass is 465 g/mol. The Bertz CT molecular complexity index is 1110. The number of carbonyl (C=O) groups excluding carboxylic acids is 1. The van der Waals surface area contributed by atoms with Crippen LogP contribution in [0.25, 0.3) is 0 Å². The lowest BCUT2D eigenvalue weighted by molar-refractivity contribution is -0.119. The fourth-order valence-electron chi connectivity index (χ4n) is 3.53. The zero-order chi connectivity index (χ0) is 22.6. The molecule has 1 amide bonds. The molecule has 1 N–H and O–H groups in total. The zero-order valence-corrected chi connectivity index (χ0v) is 19.2. The van der Waals surface area contributed by atoms with Crippen molar-refractivity contribution in [3.8, 4) is 0 Å². The van der Waals surface area contributed by atoms with Gasteiger partial charge in [-0.2, -0.15) is 8.61 Å². The van der Waals surface area contributed by atoms with Crippen molar-refractivity contribution in [1.82, 2.24) is 8.61 Å². The molecular weight excluding hydrogens is 438 g/mol. The number of anilines is 1. The lowest BCUT2D eigenvalue weighted by Gasteiger charge is -2.26. The number of carbonyl (C=O) groups is 1. The highest BCUT2D eigenvalue weighted by molar-refractivity contribution is 7.89. The fraction of sp³-hybridized carbons (Fsp3) is 0.381. The first-order chi connectivity index (χ1) is 14.6. The molecule has 1 atom stereocenters. The molecule has 1 saturated heterocycles. The number of rotatable bonds is 7. The van der Waals surface area contributed by atoms with Crippen LogP contribution in [0.15, 0.2) is 59.5 Å². The van der Waals surface area contributed by atoms with E-state index in [1.54, 1.807) is 30.3 Å². The summed E-state index contributed by atoms with van der Waals surface area (Å²) in [4.78, 5) is 13.2. The molecule has 1 aliphatic rings. The Morgan fingerprint density at radius 1 is 0.935 bits per heavy atom. The summed E-state index contributed by atoms with van der Waals surface area (Å²) in [6, 6.07) is 13.5. The largest absolute Gasteiger partial charge is 0.324 e. The first-order valence-electron chi connectivity index (χ1n) is 10.00. The summed E-state index contributed by atoms with van der Waals surface area (Å²) in [6.07, 6.45) is 3.77. The van der Waals surface area contributed by atoms with E-state index in [1.165, 1.54) is 35.6 Å². The third-order valence-electron chi connectivity index (χ3n) is 5.33. The summed E-state index contributed by atoms with van der Waals surface area (Å²) < 4.78 is 52.2. The third-order valence-corrected chi connectivity index (χ3v) is 8.49. The van der Waals surface area contributed by atoms with E-state index in [1.807, 2.05) is 0 Å². The van der Waals surface area contributed by atoms with E-state index in [-0.39, 0.29) is 4.90 Å². The SMILES string of the molecule is CN(C(C(=O)Nc1ccc(S(=O)(=O)N2CCCCC2)cc1)c1ccccc1)S(C)(=O)=O. The van der Waals surface area contributed by atoms with Crippen molar-refractivity contribution in [1.29, 1.82) is 0 Å². The molecule has 168 valence electrons. The predicted molar refractivity (Wildman–Crippen MR) is 119 cm³/mol. The maximum Gasteiger partial charge on any atom is 0.247 e. The summed E-state index contributed by atoms with van der Waals surface area (Å²) in [5, 5.41) is 2.70. The van der Waals surface area contributed by atoms with E-state index in [0.29, 0.717) is 24.3 Å². The number of nitrogens with zero attached hydrogens (tertiary/aromatic N) is 2. The van der Waals surface area contributed by atoms with Gasteiger partial charge in [0.1, 0.15) is 6.04 Å². The Morgan fingerprint density at radius 3 is 2.06 bits per heavy atom. The summed E-state index contributed by atoms with van der Waals surface area (Å²) in [5.41, 5.74) is 0.905. The zero-order valence-electron chi connectivity index (χ0n) is 17.6. The fourth-order valence-corrected chi connectivity index (χ4v) is 5.65. The van der Waals surface area contributed by atoms with Gasteiger partial charge in [0, 0.05) is 25.8 Å². The molecule has 3 rings (SSSR count). The molecule has 2 aromatic rings. The molecule has 0 spiro atoms. The van der Waals surface area contributed by atoms with E-state index in [0.717, 1.165) is 29.8 Å². The normalized spacial score (nSPS) is 16.7. The second-order valence-corrected chi connectivity index (χ2v) is 11.6. The van der Waals surface area contributed by atoms with Crippen molar-refractivity contribution >= 4 is 31.6 Å². The predicted octanol–water partition coefficient (Wildman–Crippen LogP) is 2.43. The molecule has 31 heavy (non-hydrogen) atoms. The molecular formula is C21H27N3O5S2. The summed E-state index contributed by atoms with van der Waals surface area (Å²) in [5.74, 6) is -0.536. The minimum absolute atomic E-state index is 0.167. The van der Waals surface area contributed by atoms with E-state index in [9.17, 15) is 21.6 Å². The second-order valence-electron chi connectivity index (χ2n) is 7.57. The van der Waals surface area contributed by atoms with Gasteiger partial charge in [0.2, 0.25) is 26.0 Å². The summed E-state index contributed by atoms with van der Waals surface area (Å²) in [7, 11) is -5.86. The minimum Gasteiger partial charge on any atom is -0.324 e. The third kappa shape index (κ3) is 5.51. The van der Waals surface area contributed by atoms with Gasteiger partial charge in [0.05, 0.1) is 11.2 Å². The Labute approximate surface area is 184 Å². The van der Waals surface area contributed by atoms with Crippen molar-refractivity contribution in [2.75, 3.05) is 31.7 Å². The quantitative estimate of drug-likeness (QED) is 0.676. The topological polar surface area (TPSA) is 104 Å². The highest BCUT2D eigenvalue weighted by Gasteiger charge is 2.31. The van der Waals surface area contributed by atoms with Crippen LogP contribution in [0.5, 0.6) is 0 Å².